The third-order valence-corrected chi connectivity index (χ3v) is 3.38. The highest BCUT2D eigenvalue weighted by atomic mass is 79.9. The molecular weight excluding hydrogens is 320 g/mol. The van der Waals surface area contributed by atoms with Gasteiger partial charge in [0.05, 0.1) is 5.56 Å². The van der Waals surface area contributed by atoms with Crippen molar-refractivity contribution in [2.75, 3.05) is 0 Å². The predicted octanol–water partition coefficient (Wildman–Crippen LogP) is 3.90. The molecule has 2 aromatic carbocycles. The third-order valence-electron chi connectivity index (χ3n) is 2.89. The molecule has 20 heavy (non-hydrogen) atoms. The second kappa shape index (κ2) is 6.43. The number of ether oxygens (including phenoxy) is 1. The van der Waals surface area contributed by atoms with Crippen LogP contribution in [0.1, 0.15) is 18.1 Å². The van der Waals surface area contributed by atoms with Crippen LogP contribution in [0.2, 0.25) is 0 Å². The van der Waals surface area contributed by atoms with E-state index in [1.807, 2.05) is 24.3 Å². The molecule has 0 bridgehead atoms. The fourth-order valence-corrected chi connectivity index (χ4v) is 2.11. The molecular formula is C15H15BrN2O2. The van der Waals surface area contributed by atoms with E-state index in [0.29, 0.717) is 17.1 Å². The zero-order valence-corrected chi connectivity index (χ0v) is 12.6. The van der Waals surface area contributed by atoms with Gasteiger partial charge in [0.15, 0.2) is 5.84 Å². The maximum Gasteiger partial charge on any atom is 0.173 e. The van der Waals surface area contributed by atoms with Crippen molar-refractivity contribution < 1.29 is 9.94 Å². The fourth-order valence-electron chi connectivity index (χ4n) is 1.77. The number of hydrogen-bond acceptors (Lipinski definition) is 3. The summed E-state index contributed by atoms with van der Waals surface area (Å²) in [5.74, 6) is 1.24. The van der Waals surface area contributed by atoms with Crippen molar-refractivity contribution in [2.24, 2.45) is 10.9 Å². The molecule has 0 heterocycles. The van der Waals surface area contributed by atoms with Crippen molar-refractivity contribution in [2.45, 2.75) is 13.3 Å². The minimum Gasteiger partial charge on any atom is -0.457 e. The van der Waals surface area contributed by atoms with Crippen LogP contribution in [0, 0.1) is 0 Å². The van der Waals surface area contributed by atoms with E-state index in [9.17, 15) is 0 Å². The van der Waals surface area contributed by atoms with Gasteiger partial charge in [0.1, 0.15) is 11.5 Å². The number of nitrogens with zero attached hydrogens (tertiary/aromatic N) is 1. The molecule has 0 aliphatic rings. The lowest BCUT2D eigenvalue weighted by atomic mass is 10.1. The number of oxime groups is 1. The summed E-state index contributed by atoms with van der Waals surface area (Å²) < 4.78 is 6.66. The molecule has 0 saturated carbocycles. The molecule has 5 heteroatoms. The van der Waals surface area contributed by atoms with Gasteiger partial charge in [-0.05, 0) is 42.3 Å². The summed E-state index contributed by atoms with van der Waals surface area (Å²) in [6, 6.07) is 13.1. The molecule has 0 fully saturated rings. The number of amidine groups is 1. The lowest BCUT2D eigenvalue weighted by Crippen LogP contribution is -2.14. The van der Waals surface area contributed by atoms with Crippen LogP contribution in [0.5, 0.6) is 11.5 Å². The topological polar surface area (TPSA) is 67.8 Å². The molecule has 0 saturated heterocycles. The number of hydrogen-bond donors (Lipinski definition) is 2. The number of nitrogens with two attached hydrogens (primary N) is 1. The Morgan fingerprint density at radius 2 is 1.95 bits per heavy atom. The molecule has 104 valence electrons. The van der Waals surface area contributed by atoms with E-state index in [0.717, 1.165) is 10.9 Å². The molecule has 0 unspecified atom stereocenters. The average molecular weight is 335 g/mol. The van der Waals surface area contributed by atoms with Gasteiger partial charge in [-0.15, -0.1) is 0 Å². The van der Waals surface area contributed by atoms with Crippen LogP contribution in [-0.2, 0) is 6.42 Å². The minimum atomic E-state index is 0.0117. The summed E-state index contributed by atoms with van der Waals surface area (Å²) in [4.78, 5) is 0. The molecule has 0 spiro atoms. The first-order chi connectivity index (χ1) is 9.63. The van der Waals surface area contributed by atoms with Gasteiger partial charge in [-0.3, -0.25) is 0 Å². The maximum atomic E-state index is 8.81. The maximum absolute atomic E-state index is 8.81. The highest BCUT2D eigenvalue weighted by Gasteiger charge is 2.10. The van der Waals surface area contributed by atoms with E-state index in [4.69, 9.17) is 15.7 Å². The van der Waals surface area contributed by atoms with Gasteiger partial charge in [0, 0.05) is 4.47 Å². The minimum absolute atomic E-state index is 0.0117. The monoisotopic (exact) mass is 334 g/mol. The molecule has 0 aliphatic carbocycles. The van der Waals surface area contributed by atoms with Crippen molar-refractivity contribution in [1.29, 1.82) is 0 Å². The number of aryl methyl sites for hydroxylation is 1. The van der Waals surface area contributed by atoms with Gasteiger partial charge in [0.25, 0.3) is 0 Å². The van der Waals surface area contributed by atoms with Gasteiger partial charge in [-0.25, -0.2) is 0 Å². The van der Waals surface area contributed by atoms with Gasteiger partial charge in [-0.1, -0.05) is 40.1 Å². The van der Waals surface area contributed by atoms with Crippen molar-refractivity contribution >= 4 is 21.8 Å². The average Bonchev–Trinajstić information content (AvgIpc) is 2.47. The van der Waals surface area contributed by atoms with Gasteiger partial charge >= 0.3 is 0 Å². The lowest BCUT2D eigenvalue weighted by molar-refractivity contribution is 0.318. The number of halogens is 1. The van der Waals surface area contributed by atoms with Crippen LogP contribution in [0.3, 0.4) is 0 Å². The Balaban J connectivity index is 2.33. The predicted molar refractivity (Wildman–Crippen MR) is 82.5 cm³/mol. The van der Waals surface area contributed by atoms with Crippen LogP contribution in [-0.4, -0.2) is 11.0 Å². The molecule has 4 nitrogen and oxygen atoms in total. The number of rotatable bonds is 4. The standard InChI is InChI=1S/C15H15BrN2O2/c1-2-10-3-6-12(7-4-10)20-14-9-11(16)5-8-13(14)15(17)18-19/h3-9,19H,2H2,1H3,(H2,17,18). The second-order valence-corrected chi connectivity index (χ2v) is 5.14. The van der Waals surface area contributed by atoms with Crippen LogP contribution in [0.25, 0.3) is 0 Å². The summed E-state index contributed by atoms with van der Waals surface area (Å²) in [5.41, 5.74) is 7.43. The summed E-state index contributed by atoms with van der Waals surface area (Å²) in [6.07, 6.45) is 0.979. The van der Waals surface area contributed by atoms with E-state index in [-0.39, 0.29) is 5.84 Å². The molecule has 3 N–H and O–H groups in total. The third kappa shape index (κ3) is 3.30. The molecule has 0 radical (unpaired) electrons. The van der Waals surface area contributed by atoms with Crippen molar-refractivity contribution in [1.82, 2.24) is 0 Å². The van der Waals surface area contributed by atoms with Crippen LogP contribution < -0.4 is 10.5 Å². The molecule has 0 aliphatic heterocycles. The van der Waals surface area contributed by atoms with Crippen LogP contribution in [0.4, 0.5) is 0 Å². The zero-order valence-electron chi connectivity index (χ0n) is 11.0. The first-order valence-electron chi connectivity index (χ1n) is 6.18. The van der Waals surface area contributed by atoms with E-state index in [1.54, 1.807) is 18.2 Å². The van der Waals surface area contributed by atoms with Crippen molar-refractivity contribution in [3.63, 3.8) is 0 Å². The quantitative estimate of drug-likeness (QED) is 0.385. The Kier molecular flexibility index (Phi) is 4.63. The Hall–Kier alpha value is -2.01. The van der Waals surface area contributed by atoms with E-state index in [1.165, 1.54) is 5.56 Å². The van der Waals surface area contributed by atoms with Gasteiger partial charge < -0.3 is 15.7 Å². The summed E-state index contributed by atoms with van der Waals surface area (Å²) >= 11 is 3.38. The van der Waals surface area contributed by atoms with E-state index < -0.39 is 0 Å². The summed E-state index contributed by atoms with van der Waals surface area (Å²) in [7, 11) is 0. The SMILES string of the molecule is CCc1ccc(Oc2cc(Br)ccc2/C(N)=N/O)cc1. The first-order valence-corrected chi connectivity index (χ1v) is 6.97. The Morgan fingerprint density at radius 3 is 2.55 bits per heavy atom. The highest BCUT2D eigenvalue weighted by Crippen LogP contribution is 2.28. The van der Waals surface area contributed by atoms with Crippen molar-refractivity contribution in [3.8, 4) is 11.5 Å². The molecule has 0 aromatic heterocycles. The molecule has 0 atom stereocenters. The first kappa shape index (κ1) is 14.4. The van der Waals surface area contributed by atoms with Crippen LogP contribution in [0.15, 0.2) is 52.1 Å². The summed E-state index contributed by atoms with van der Waals surface area (Å²) in [6.45, 7) is 2.10. The normalized spacial score (nSPS) is 11.4. The molecule has 2 rings (SSSR count). The van der Waals surface area contributed by atoms with E-state index in [2.05, 4.69) is 28.0 Å². The number of benzene rings is 2. The Labute approximate surface area is 126 Å². The largest absolute Gasteiger partial charge is 0.457 e. The fraction of sp³-hybridized carbons (Fsp3) is 0.133. The lowest BCUT2D eigenvalue weighted by Gasteiger charge is -2.11. The van der Waals surface area contributed by atoms with Gasteiger partial charge in [0.2, 0.25) is 0 Å². The molecule has 0 amide bonds. The molecule has 2 aromatic rings. The van der Waals surface area contributed by atoms with Gasteiger partial charge in [-0.2, -0.15) is 0 Å². The Morgan fingerprint density at radius 1 is 1.25 bits per heavy atom. The Bertz CT molecular complexity index is 624. The smallest absolute Gasteiger partial charge is 0.173 e. The second-order valence-electron chi connectivity index (χ2n) is 4.23. The summed E-state index contributed by atoms with van der Waals surface area (Å²) in [5, 5.41) is 11.8. The van der Waals surface area contributed by atoms with E-state index >= 15 is 0 Å². The van der Waals surface area contributed by atoms with Crippen molar-refractivity contribution in [3.05, 3.63) is 58.1 Å². The zero-order chi connectivity index (χ0) is 14.5. The highest BCUT2D eigenvalue weighted by molar-refractivity contribution is 9.10. The van der Waals surface area contributed by atoms with Crippen LogP contribution >= 0.6 is 15.9 Å².